The predicted octanol–water partition coefficient (Wildman–Crippen LogP) is 4.30. The van der Waals surface area contributed by atoms with Crippen LogP contribution in [0.4, 0.5) is 11.4 Å². The Morgan fingerprint density at radius 2 is 1.64 bits per heavy atom. The molecule has 2 aromatic rings. The van der Waals surface area contributed by atoms with E-state index in [2.05, 4.69) is 80.0 Å². The second kappa shape index (κ2) is 6.01. The van der Waals surface area contributed by atoms with Crippen LogP contribution in [0.3, 0.4) is 0 Å². The zero-order valence-electron chi connectivity index (χ0n) is 13.8. The van der Waals surface area contributed by atoms with Crippen molar-refractivity contribution in [1.29, 1.82) is 0 Å². The lowest BCUT2D eigenvalue weighted by Crippen LogP contribution is -2.62. The van der Waals surface area contributed by atoms with Crippen LogP contribution in [0.2, 0.25) is 0 Å². The van der Waals surface area contributed by atoms with Gasteiger partial charge < -0.3 is 14.5 Å². The van der Waals surface area contributed by atoms with Crippen LogP contribution in [0.15, 0.2) is 48.5 Å². The molecule has 3 heteroatoms. The van der Waals surface area contributed by atoms with Crippen molar-refractivity contribution in [3.05, 3.63) is 59.7 Å². The molecule has 0 amide bonds. The predicted molar refractivity (Wildman–Crippen MR) is 92.2 cm³/mol. The smallest absolute Gasteiger partial charge is 0.214 e. The molecule has 0 N–H and O–H groups in total. The fourth-order valence-electron chi connectivity index (χ4n) is 3.16. The van der Waals surface area contributed by atoms with Crippen LogP contribution >= 0.6 is 0 Å². The Kier molecular flexibility index (Phi) is 4.08. The van der Waals surface area contributed by atoms with Gasteiger partial charge in [0.1, 0.15) is 6.73 Å². The van der Waals surface area contributed by atoms with Gasteiger partial charge in [0.25, 0.3) is 0 Å². The lowest BCUT2D eigenvalue weighted by Gasteiger charge is -2.51. The van der Waals surface area contributed by atoms with Crippen LogP contribution in [0.1, 0.15) is 25.0 Å². The number of nitrogens with zero attached hydrogens (tertiary/aromatic N) is 2. The summed E-state index contributed by atoms with van der Waals surface area (Å²) in [5.74, 6) is 0. The third-order valence-electron chi connectivity index (χ3n) is 4.20. The Balaban J connectivity index is 1.94. The van der Waals surface area contributed by atoms with Gasteiger partial charge in [-0.15, -0.1) is 0 Å². The van der Waals surface area contributed by atoms with E-state index in [0.717, 1.165) is 0 Å². The van der Waals surface area contributed by atoms with Gasteiger partial charge in [-0.05, 0) is 51.0 Å². The second-order valence-corrected chi connectivity index (χ2v) is 6.17. The first-order chi connectivity index (χ1) is 10.6. The molecule has 1 aliphatic rings. The molecule has 0 spiro atoms. The van der Waals surface area contributed by atoms with Crippen molar-refractivity contribution in [3.63, 3.8) is 0 Å². The quantitative estimate of drug-likeness (QED) is 0.837. The number of hydrogen-bond donors (Lipinski definition) is 0. The molecule has 0 radical (unpaired) electrons. The maximum Gasteiger partial charge on any atom is 0.214 e. The van der Waals surface area contributed by atoms with Crippen molar-refractivity contribution >= 4 is 11.4 Å². The van der Waals surface area contributed by atoms with E-state index in [0.29, 0.717) is 12.8 Å². The molecule has 0 saturated carbocycles. The van der Waals surface area contributed by atoms with Gasteiger partial charge in [-0.25, -0.2) is 0 Å². The molecule has 0 bridgehead atoms. The van der Waals surface area contributed by atoms with Gasteiger partial charge in [-0.3, -0.25) is 0 Å². The maximum atomic E-state index is 5.94. The minimum atomic E-state index is -0.0396. The Bertz CT molecular complexity index is 619. The largest absolute Gasteiger partial charge is 0.326 e. The molecular weight excluding hydrogens is 272 g/mol. The number of rotatable bonds is 4. The van der Waals surface area contributed by atoms with E-state index >= 15 is 0 Å². The van der Waals surface area contributed by atoms with Gasteiger partial charge in [0.05, 0.1) is 0 Å². The van der Waals surface area contributed by atoms with Crippen molar-refractivity contribution in [1.82, 2.24) is 0 Å². The van der Waals surface area contributed by atoms with Crippen molar-refractivity contribution in [3.8, 4) is 0 Å². The van der Waals surface area contributed by atoms with E-state index in [1.165, 1.54) is 22.5 Å². The Hall–Kier alpha value is -2.00. The van der Waals surface area contributed by atoms with Crippen molar-refractivity contribution in [2.24, 2.45) is 0 Å². The first kappa shape index (κ1) is 14.9. The van der Waals surface area contributed by atoms with Crippen LogP contribution < -0.4 is 9.80 Å². The van der Waals surface area contributed by atoms with Crippen LogP contribution in [0.5, 0.6) is 0 Å². The van der Waals surface area contributed by atoms with Crippen LogP contribution in [-0.4, -0.2) is 19.1 Å². The molecule has 1 saturated heterocycles. The third kappa shape index (κ3) is 2.57. The lowest BCUT2D eigenvalue weighted by molar-refractivity contribution is -0.0500. The first-order valence-electron chi connectivity index (χ1n) is 7.87. The fraction of sp³-hybridized carbons (Fsp3) is 0.368. The van der Waals surface area contributed by atoms with Gasteiger partial charge in [-0.1, -0.05) is 36.4 Å². The highest BCUT2D eigenvalue weighted by atomic mass is 16.6. The minimum absolute atomic E-state index is 0.0396. The highest BCUT2D eigenvalue weighted by Gasteiger charge is 2.37. The van der Waals surface area contributed by atoms with E-state index in [4.69, 9.17) is 4.74 Å². The summed E-state index contributed by atoms with van der Waals surface area (Å²) >= 11 is 0. The van der Waals surface area contributed by atoms with Crippen molar-refractivity contribution < 1.29 is 4.74 Å². The van der Waals surface area contributed by atoms with E-state index in [1.807, 2.05) is 6.07 Å². The average Bonchev–Trinajstić information content (AvgIpc) is 2.47. The molecule has 1 atom stereocenters. The van der Waals surface area contributed by atoms with Crippen LogP contribution in [0, 0.1) is 13.8 Å². The monoisotopic (exact) mass is 296 g/mol. The van der Waals surface area contributed by atoms with Crippen molar-refractivity contribution in [2.75, 3.05) is 16.5 Å². The molecule has 22 heavy (non-hydrogen) atoms. The fourth-order valence-corrected chi connectivity index (χ4v) is 3.16. The maximum absolute atomic E-state index is 5.94. The minimum Gasteiger partial charge on any atom is -0.326 e. The molecule has 3 rings (SSSR count). The second-order valence-electron chi connectivity index (χ2n) is 6.17. The Morgan fingerprint density at radius 3 is 2.14 bits per heavy atom. The molecule has 1 heterocycles. The Labute approximate surface area is 133 Å². The standard InChI is InChI=1S/C19H24N2O/c1-14(2)21(17-11-6-5-7-12-17)19-20(13-22-19)18-15(3)9-8-10-16(18)4/h5-12,14,19H,13H2,1-4H3. The van der Waals surface area contributed by atoms with Crippen LogP contribution in [-0.2, 0) is 4.74 Å². The zero-order valence-corrected chi connectivity index (χ0v) is 13.8. The van der Waals surface area contributed by atoms with Crippen molar-refractivity contribution in [2.45, 2.75) is 40.1 Å². The molecule has 116 valence electrons. The molecule has 2 aromatic carbocycles. The molecule has 0 aliphatic carbocycles. The summed E-state index contributed by atoms with van der Waals surface area (Å²) in [4.78, 5) is 4.67. The van der Waals surface area contributed by atoms with Crippen LogP contribution in [0.25, 0.3) is 0 Å². The van der Waals surface area contributed by atoms with Gasteiger partial charge in [0, 0.05) is 17.4 Å². The molecule has 0 aromatic heterocycles. The molecule has 3 nitrogen and oxygen atoms in total. The van der Waals surface area contributed by atoms with E-state index in [9.17, 15) is 0 Å². The summed E-state index contributed by atoms with van der Waals surface area (Å²) in [6.45, 7) is 9.39. The van der Waals surface area contributed by atoms with Gasteiger partial charge >= 0.3 is 0 Å². The number of benzene rings is 2. The summed E-state index contributed by atoms with van der Waals surface area (Å²) < 4.78 is 5.94. The van der Waals surface area contributed by atoms with E-state index < -0.39 is 0 Å². The molecule has 1 fully saturated rings. The van der Waals surface area contributed by atoms with Gasteiger partial charge in [0.15, 0.2) is 0 Å². The van der Waals surface area contributed by atoms with Gasteiger partial charge in [0.2, 0.25) is 6.35 Å². The summed E-state index contributed by atoms with van der Waals surface area (Å²) in [5, 5.41) is 0. The number of para-hydroxylation sites is 2. The topological polar surface area (TPSA) is 15.7 Å². The summed E-state index contributed by atoms with van der Waals surface area (Å²) in [6, 6.07) is 17.3. The number of hydrogen-bond acceptors (Lipinski definition) is 3. The molecule has 1 unspecified atom stereocenters. The third-order valence-corrected chi connectivity index (χ3v) is 4.20. The highest BCUT2D eigenvalue weighted by molar-refractivity contribution is 5.62. The van der Waals surface area contributed by atoms with E-state index in [-0.39, 0.29) is 6.35 Å². The van der Waals surface area contributed by atoms with E-state index in [1.54, 1.807) is 0 Å². The van der Waals surface area contributed by atoms with Gasteiger partial charge in [-0.2, -0.15) is 0 Å². The summed E-state index contributed by atoms with van der Waals surface area (Å²) in [7, 11) is 0. The number of ether oxygens (including phenoxy) is 1. The first-order valence-corrected chi connectivity index (χ1v) is 7.87. The lowest BCUT2D eigenvalue weighted by atomic mass is 10.1. The Morgan fingerprint density at radius 1 is 1.00 bits per heavy atom. The number of aryl methyl sites for hydroxylation is 2. The summed E-state index contributed by atoms with van der Waals surface area (Å²) in [6.07, 6.45) is -0.0396. The molecular formula is C19H24N2O. The number of anilines is 2. The average molecular weight is 296 g/mol. The summed E-state index contributed by atoms with van der Waals surface area (Å²) in [5.41, 5.74) is 5.08. The molecule has 1 aliphatic heterocycles. The SMILES string of the molecule is Cc1cccc(C)c1N1COC1N(c1ccccc1)C(C)C. The highest BCUT2D eigenvalue weighted by Crippen LogP contribution is 2.35. The zero-order chi connectivity index (χ0) is 15.7. The normalized spacial score (nSPS) is 17.5.